The number of pyridine rings is 1. The molecule has 0 bridgehead atoms. The molecular weight excluding hydrogens is 457 g/mol. The number of nitrogens with zero attached hydrogens (tertiary/aromatic N) is 3. The van der Waals surface area contributed by atoms with Gasteiger partial charge in [0.05, 0.1) is 22.3 Å². The zero-order valence-corrected chi connectivity index (χ0v) is 18.3. The van der Waals surface area contributed by atoms with Crippen LogP contribution < -0.4 is 10.1 Å². The van der Waals surface area contributed by atoms with E-state index in [4.69, 9.17) is 16.3 Å². The van der Waals surface area contributed by atoms with Gasteiger partial charge in [0.25, 0.3) is 5.91 Å². The summed E-state index contributed by atoms with van der Waals surface area (Å²) >= 11 is 5.81. The Morgan fingerprint density at radius 1 is 1.09 bits per heavy atom. The van der Waals surface area contributed by atoms with Gasteiger partial charge in [-0.05, 0) is 50.2 Å². The highest BCUT2D eigenvalue weighted by molar-refractivity contribution is 6.30. The van der Waals surface area contributed by atoms with Gasteiger partial charge in [0.2, 0.25) is 5.88 Å². The highest BCUT2D eigenvalue weighted by Gasteiger charge is 2.36. The normalized spacial score (nSPS) is 11.6. The van der Waals surface area contributed by atoms with Crippen molar-refractivity contribution >= 4 is 34.2 Å². The van der Waals surface area contributed by atoms with Gasteiger partial charge in [0.1, 0.15) is 0 Å². The van der Waals surface area contributed by atoms with Crippen LogP contribution in [0.4, 0.5) is 18.9 Å². The molecule has 1 N–H and O–H groups in total. The smallest absolute Gasteiger partial charge is 0.417 e. The second-order valence-electron chi connectivity index (χ2n) is 7.38. The Bertz CT molecular complexity index is 1320. The molecule has 0 aliphatic heterocycles. The van der Waals surface area contributed by atoms with Crippen LogP contribution >= 0.6 is 11.6 Å². The standard InChI is InChI=1S/C23H18ClF3N4O2/c1-13-3-9-17(10-4-13)31-22-21(14(2)30-31)18(23(25,26)27)11-20(29-22)33-12-19(32)28-16-7-5-15(24)6-8-16/h3-11H,12H2,1-2H3,(H,28,32). The van der Waals surface area contributed by atoms with Crippen LogP contribution in [0.2, 0.25) is 5.02 Å². The molecule has 0 saturated carbocycles. The van der Waals surface area contributed by atoms with Gasteiger partial charge in [-0.3, -0.25) is 4.79 Å². The number of nitrogens with one attached hydrogen (secondary N) is 1. The van der Waals surface area contributed by atoms with Crippen molar-refractivity contribution in [2.24, 2.45) is 0 Å². The number of fused-ring (bicyclic) bond motifs is 1. The Morgan fingerprint density at radius 2 is 1.76 bits per heavy atom. The summed E-state index contributed by atoms with van der Waals surface area (Å²) in [6.45, 7) is 2.86. The molecule has 0 unspecified atom stereocenters. The van der Waals surface area contributed by atoms with Crippen LogP contribution in [0.25, 0.3) is 16.7 Å². The third kappa shape index (κ3) is 4.93. The number of amides is 1. The van der Waals surface area contributed by atoms with Crippen LogP contribution in [0, 0.1) is 13.8 Å². The second kappa shape index (κ2) is 8.74. The van der Waals surface area contributed by atoms with E-state index in [2.05, 4.69) is 15.4 Å². The minimum Gasteiger partial charge on any atom is -0.467 e. The molecule has 0 radical (unpaired) electrons. The molecule has 0 atom stereocenters. The van der Waals surface area contributed by atoms with Crippen LogP contribution in [0.3, 0.4) is 0 Å². The van der Waals surface area contributed by atoms with Gasteiger partial charge in [0, 0.05) is 16.8 Å². The van der Waals surface area contributed by atoms with E-state index in [0.29, 0.717) is 16.4 Å². The highest BCUT2D eigenvalue weighted by Crippen LogP contribution is 2.38. The van der Waals surface area contributed by atoms with Crippen molar-refractivity contribution in [1.82, 2.24) is 14.8 Å². The third-order valence-electron chi connectivity index (χ3n) is 4.85. The van der Waals surface area contributed by atoms with E-state index >= 15 is 0 Å². The first-order valence-corrected chi connectivity index (χ1v) is 10.2. The zero-order valence-electron chi connectivity index (χ0n) is 17.6. The fourth-order valence-electron chi connectivity index (χ4n) is 3.30. The fraction of sp³-hybridized carbons (Fsp3) is 0.174. The molecule has 0 saturated heterocycles. The number of aromatic nitrogens is 3. The molecule has 0 spiro atoms. The number of carbonyl (C=O) groups is 1. The lowest BCUT2D eigenvalue weighted by atomic mass is 10.1. The van der Waals surface area contributed by atoms with Gasteiger partial charge in [0.15, 0.2) is 12.3 Å². The molecule has 6 nitrogen and oxygen atoms in total. The maximum atomic E-state index is 13.9. The van der Waals surface area contributed by atoms with Crippen LogP contribution in [-0.2, 0) is 11.0 Å². The summed E-state index contributed by atoms with van der Waals surface area (Å²) in [5.41, 5.74) is 1.25. The van der Waals surface area contributed by atoms with Crippen LogP contribution in [-0.4, -0.2) is 27.3 Å². The van der Waals surface area contributed by atoms with E-state index in [-0.39, 0.29) is 22.6 Å². The van der Waals surface area contributed by atoms with Crippen LogP contribution in [0.15, 0.2) is 54.6 Å². The Morgan fingerprint density at radius 3 is 2.39 bits per heavy atom. The molecule has 0 aliphatic rings. The summed E-state index contributed by atoms with van der Waals surface area (Å²) in [6, 6.07) is 14.3. The first-order valence-electron chi connectivity index (χ1n) is 9.84. The first-order chi connectivity index (χ1) is 15.6. The number of halogens is 4. The van der Waals surface area contributed by atoms with E-state index < -0.39 is 24.3 Å². The highest BCUT2D eigenvalue weighted by atomic mass is 35.5. The molecule has 0 fully saturated rings. The average molecular weight is 475 g/mol. The maximum Gasteiger partial charge on any atom is 0.417 e. The van der Waals surface area contributed by atoms with E-state index in [1.807, 2.05) is 19.1 Å². The Balaban J connectivity index is 1.68. The van der Waals surface area contributed by atoms with E-state index in [0.717, 1.165) is 11.6 Å². The van der Waals surface area contributed by atoms with Gasteiger partial charge in [-0.1, -0.05) is 29.3 Å². The molecule has 2 aromatic heterocycles. The summed E-state index contributed by atoms with van der Waals surface area (Å²) in [5.74, 6) is -0.898. The number of hydrogen-bond acceptors (Lipinski definition) is 4. The predicted molar refractivity (Wildman–Crippen MR) is 119 cm³/mol. The molecule has 2 aromatic carbocycles. The lowest BCUT2D eigenvalue weighted by Crippen LogP contribution is -2.20. The SMILES string of the molecule is Cc1ccc(-n2nc(C)c3c(C(F)(F)F)cc(OCC(=O)Nc4ccc(Cl)cc4)nc32)cc1. The number of rotatable bonds is 5. The van der Waals surface area contributed by atoms with E-state index in [1.54, 1.807) is 36.4 Å². The lowest BCUT2D eigenvalue weighted by molar-refractivity contribution is -0.136. The van der Waals surface area contributed by atoms with Crippen molar-refractivity contribution in [2.45, 2.75) is 20.0 Å². The number of ether oxygens (including phenoxy) is 1. The first kappa shape index (κ1) is 22.6. The van der Waals surface area contributed by atoms with Gasteiger partial charge in [-0.25, -0.2) is 4.68 Å². The molecular formula is C23H18ClF3N4O2. The molecule has 4 rings (SSSR count). The maximum absolute atomic E-state index is 13.9. The summed E-state index contributed by atoms with van der Waals surface area (Å²) in [6.07, 6.45) is -4.67. The number of anilines is 1. The predicted octanol–water partition coefficient (Wildman–Crippen LogP) is 5.73. The summed E-state index contributed by atoms with van der Waals surface area (Å²) in [5, 5.41) is 7.23. The molecule has 0 aliphatic carbocycles. The Kier molecular flexibility index (Phi) is 5.99. The third-order valence-corrected chi connectivity index (χ3v) is 5.10. The van der Waals surface area contributed by atoms with Crippen molar-refractivity contribution in [3.63, 3.8) is 0 Å². The van der Waals surface area contributed by atoms with Crippen molar-refractivity contribution < 1.29 is 22.7 Å². The fourth-order valence-corrected chi connectivity index (χ4v) is 3.43. The summed E-state index contributed by atoms with van der Waals surface area (Å²) in [7, 11) is 0. The van der Waals surface area contributed by atoms with Gasteiger partial charge >= 0.3 is 6.18 Å². The van der Waals surface area contributed by atoms with Crippen molar-refractivity contribution in [1.29, 1.82) is 0 Å². The lowest BCUT2D eigenvalue weighted by Gasteiger charge is -2.12. The quantitative estimate of drug-likeness (QED) is 0.401. The molecule has 2 heterocycles. The van der Waals surface area contributed by atoms with Crippen LogP contribution in [0.5, 0.6) is 5.88 Å². The number of benzene rings is 2. The molecule has 10 heteroatoms. The summed E-state index contributed by atoms with van der Waals surface area (Å²) < 4.78 is 48.2. The molecule has 33 heavy (non-hydrogen) atoms. The number of alkyl halides is 3. The zero-order chi connectivity index (χ0) is 23.8. The monoisotopic (exact) mass is 474 g/mol. The van der Waals surface area contributed by atoms with E-state index in [9.17, 15) is 18.0 Å². The topological polar surface area (TPSA) is 69.0 Å². The Hall–Kier alpha value is -3.59. The van der Waals surface area contributed by atoms with Gasteiger partial charge in [-0.15, -0.1) is 0 Å². The van der Waals surface area contributed by atoms with Gasteiger partial charge in [-0.2, -0.15) is 23.3 Å². The molecule has 170 valence electrons. The summed E-state index contributed by atoms with van der Waals surface area (Å²) in [4.78, 5) is 16.4. The molecule has 1 amide bonds. The Labute approximate surface area is 192 Å². The number of carbonyl (C=O) groups excluding carboxylic acids is 1. The van der Waals surface area contributed by atoms with Crippen LogP contribution in [0.1, 0.15) is 16.8 Å². The molecule has 4 aromatic rings. The van der Waals surface area contributed by atoms with Crippen molar-refractivity contribution in [3.05, 3.63) is 76.4 Å². The van der Waals surface area contributed by atoms with Crippen molar-refractivity contribution in [2.75, 3.05) is 11.9 Å². The second-order valence-corrected chi connectivity index (χ2v) is 7.82. The van der Waals surface area contributed by atoms with E-state index in [1.165, 1.54) is 11.6 Å². The minimum atomic E-state index is -4.67. The largest absolute Gasteiger partial charge is 0.467 e. The number of hydrogen-bond donors (Lipinski definition) is 1. The van der Waals surface area contributed by atoms with Crippen molar-refractivity contribution in [3.8, 4) is 11.6 Å². The number of aryl methyl sites for hydroxylation is 2. The minimum absolute atomic E-state index is 0.0145. The van der Waals surface area contributed by atoms with Gasteiger partial charge < -0.3 is 10.1 Å². The average Bonchev–Trinajstić information content (AvgIpc) is 3.09.